The summed E-state index contributed by atoms with van der Waals surface area (Å²) in [5.74, 6) is 0.775. The Morgan fingerprint density at radius 2 is 1.77 bits per heavy atom. The summed E-state index contributed by atoms with van der Waals surface area (Å²) in [6, 6.07) is 20.9. The van der Waals surface area contributed by atoms with Crippen molar-refractivity contribution < 1.29 is 9.84 Å². The molecule has 1 aliphatic rings. The Morgan fingerprint density at radius 3 is 2.54 bits per heavy atom. The highest BCUT2D eigenvalue weighted by molar-refractivity contribution is 5.71. The SMILES string of the molecule is CC.CCC=Nc1ccc(-c2cccc(OCC(O)CN3CCc4cccc(C)c4C3)c2)cc1C. The second-order valence-electron chi connectivity index (χ2n) is 8.91. The van der Waals surface area contributed by atoms with Crippen LogP contribution in [0.15, 0.2) is 65.7 Å². The van der Waals surface area contributed by atoms with Crippen LogP contribution in [-0.2, 0) is 13.0 Å². The van der Waals surface area contributed by atoms with E-state index in [0.717, 1.165) is 54.1 Å². The highest BCUT2D eigenvalue weighted by Gasteiger charge is 2.20. The number of aliphatic hydroxyl groups is 1. The van der Waals surface area contributed by atoms with E-state index in [1.165, 1.54) is 16.7 Å². The summed E-state index contributed by atoms with van der Waals surface area (Å²) in [7, 11) is 0. The first kappa shape index (κ1) is 26.7. The van der Waals surface area contributed by atoms with Crippen LogP contribution in [0, 0.1) is 13.8 Å². The molecule has 1 heterocycles. The molecule has 0 aromatic heterocycles. The topological polar surface area (TPSA) is 45.1 Å². The van der Waals surface area contributed by atoms with E-state index in [1.54, 1.807) is 0 Å². The molecule has 4 nitrogen and oxygen atoms in total. The third-order valence-corrected chi connectivity index (χ3v) is 6.27. The van der Waals surface area contributed by atoms with Crippen LogP contribution >= 0.6 is 0 Å². The lowest BCUT2D eigenvalue weighted by Crippen LogP contribution is -2.39. The van der Waals surface area contributed by atoms with E-state index in [0.29, 0.717) is 6.54 Å². The van der Waals surface area contributed by atoms with Gasteiger partial charge in [0.1, 0.15) is 18.5 Å². The lowest BCUT2D eigenvalue weighted by atomic mass is 9.95. The molecule has 0 bridgehead atoms. The summed E-state index contributed by atoms with van der Waals surface area (Å²) in [5, 5.41) is 10.6. The second-order valence-corrected chi connectivity index (χ2v) is 8.91. The average Bonchev–Trinajstić information content (AvgIpc) is 2.88. The maximum atomic E-state index is 10.6. The van der Waals surface area contributed by atoms with Crippen LogP contribution in [0.4, 0.5) is 5.69 Å². The molecular formula is C31H40N2O2. The Morgan fingerprint density at radius 1 is 1.00 bits per heavy atom. The Labute approximate surface area is 211 Å². The number of hydrogen-bond acceptors (Lipinski definition) is 4. The molecule has 0 saturated carbocycles. The summed E-state index contributed by atoms with van der Waals surface area (Å²) < 4.78 is 5.97. The highest BCUT2D eigenvalue weighted by Crippen LogP contribution is 2.29. The van der Waals surface area contributed by atoms with E-state index in [9.17, 15) is 5.11 Å². The fourth-order valence-corrected chi connectivity index (χ4v) is 4.44. The zero-order valence-corrected chi connectivity index (χ0v) is 21.9. The molecule has 1 unspecified atom stereocenters. The van der Waals surface area contributed by atoms with Crippen LogP contribution in [0.2, 0.25) is 0 Å². The van der Waals surface area contributed by atoms with Gasteiger partial charge in [-0.25, -0.2) is 0 Å². The minimum absolute atomic E-state index is 0.282. The number of benzene rings is 3. The Bertz CT molecular complexity index is 1120. The predicted molar refractivity (Wildman–Crippen MR) is 148 cm³/mol. The fourth-order valence-electron chi connectivity index (χ4n) is 4.44. The van der Waals surface area contributed by atoms with Gasteiger partial charge in [0.25, 0.3) is 0 Å². The molecule has 0 amide bonds. The van der Waals surface area contributed by atoms with E-state index in [2.05, 4.69) is 73.1 Å². The van der Waals surface area contributed by atoms with Crippen molar-refractivity contribution in [2.24, 2.45) is 4.99 Å². The molecule has 1 aliphatic heterocycles. The normalized spacial score (nSPS) is 14.2. The number of aliphatic imine (C=N–C) groups is 1. The van der Waals surface area contributed by atoms with Crippen molar-refractivity contribution in [3.8, 4) is 16.9 Å². The maximum absolute atomic E-state index is 10.6. The molecule has 4 heteroatoms. The minimum Gasteiger partial charge on any atom is -0.491 e. The van der Waals surface area contributed by atoms with E-state index in [-0.39, 0.29) is 6.61 Å². The van der Waals surface area contributed by atoms with Gasteiger partial charge in [0, 0.05) is 25.8 Å². The van der Waals surface area contributed by atoms with Crippen LogP contribution in [0.3, 0.4) is 0 Å². The smallest absolute Gasteiger partial charge is 0.120 e. The molecule has 0 radical (unpaired) electrons. The van der Waals surface area contributed by atoms with Gasteiger partial charge in [-0.15, -0.1) is 0 Å². The quantitative estimate of drug-likeness (QED) is 0.362. The molecule has 186 valence electrons. The standard InChI is InChI=1S/C29H34N2O2.C2H6/c1-4-14-30-29-12-11-25(16-22(29)3)24-9-6-10-27(17-24)33-20-26(32)18-31-15-13-23-8-5-7-21(2)28(23)19-31;1-2/h5-12,14,16-17,26,32H,4,13,15,18-20H2,1-3H3;1-2H3. The molecule has 1 N–H and O–H groups in total. The van der Waals surface area contributed by atoms with Crippen molar-refractivity contribution in [3.63, 3.8) is 0 Å². The third kappa shape index (κ3) is 7.27. The summed E-state index contributed by atoms with van der Waals surface area (Å²) in [5.41, 5.74) is 8.57. The van der Waals surface area contributed by atoms with Gasteiger partial charge in [0.2, 0.25) is 0 Å². The number of rotatable bonds is 8. The number of β-amino-alcohol motifs (C(OH)–C–C–N with tert-alkyl or cyclic N) is 1. The van der Waals surface area contributed by atoms with E-state index >= 15 is 0 Å². The summed E-state index contributed by atoms with van der Waals surface area (Å²) >= 11 is 0. The average molecular weight is 473 g/mol. The Balaban J connectivity index is 0.00000167. The number of fused-ring (bicyclic) bond motifs is 1. The van der Waals surface area contributed by atoms with Crippen molar-refractivity contribution in [1.82, 2.24) is 4.90 Å². The van der Waals surface area contributed by atoms with Gasteiger partial charge in [-0.1, -0.05) is 57.2 Å². The Hall–Kier alpha value is -2.95. The van der Waals surface area contributed by atoms with Crippen molar-refractivity contribution >= 4 is 11.9 Å². The lowest BCUT2D eigenvalue weighted by Gasteiger charge is -2.31. The van der Waals surface area contributed by atoms with Gasteiger partial charge in [-0.2, -0.15) is 0 Å². The van der Waals surface area contributed by atoms with Crippen LogP contribution in [0.1, 0.15) is 49.4 Å². The van der Waals surface area contributed by atoms with Gasteiger partial charge in [0.05, 0.1) is 5.69 Å². The monoisotopic (exact) mass is 472 g/mol. The third-order valence-electron chi connectivity index (χ3n) is 6.27. The van der Waals surface area contributed by atoms with E-state index < -0.39 is 6.10 Å². The molecule has 0 fully saturated rings. The highest BCUT2D eigenvalue weighted by atomic mass is 16.5. The number of aliphatic hydroxyl groups excluding tert-OH is 1. The molecule has 3 aromatic rings. The number of aryl methyl sites for hydroxylation is 2. The van der Waals surface area contributed by atoms with Gasteiger partial charge in [0.15, 0.2) is 0 Å². The zero-order chi connectivity index (χ0) is 25.2. The van der Waals surface area contributed by atoms with Crippen molar-refractivity contribution in [1.29, 1.82) is 0 Å². The molecule has 35 heavy (non-hydrogen) atoms. The molecule has 0 saturated heterocycles. The molecular weight excluding hydrogens is 432 g/mol. The first-order valence-electron chi connectivity index (χ1n) is 12.9. The molecule has 0 spiro atoms. The van der Waals surface area contributed by atoms with Crippen molar-refractivity contribution in [2.45, 2.75) is 60.1 Å². The van der Waals surface area contributed by atoms with Crippen LogP contribution in [-0.4, -0.2) is 42.0 Å². The van der Waals surface area contributed by atoms with E-state index in [4.69, 9.17) is 4.74 Å². The largest absolute Gasteiger partial charge is 0.491 e. The first-order chi connectivity index (χ1) is 17.0. The summed E-state index contributed by atoms with van der Waals surface area (Å²) in [6.45, 7) is 13.1. The minimum atomic E-state index is -0.530. The van der Waals surface area contributed by atoms with E-state index in [1.807, 2.05) is 38.3 Å². The van der Waals surface area contributed by atoms with Crippen LogP contribution in [0.5, 0.6) is 5.75 Å². The van der Waals surface area contributed by atoms with Gasteiger partial charge < -0.3 is 9.84 Å². The Kier molecular flexibility index (Phi) is 10.1. The zero-order valence-electron chi connectivity index (χ0n) is 21.9. The first-order valence-corrected chi connectivity index (χ1v) is 12.9. The maximum Gasteiger partial charge on any atom is 0.120 e. The van der Waals surface area contributed by atoms with Crippen molar-refractivity contribution in [2.75, 3.05) is 19.7 Å². The number of hydrogen-bond donors (Lipinski definition) is 1. The van der Waals surface area contributed by atoms with Gasteiger partial charge in [-0.05, 0) is 84.3 Å². The van der Waals surface area contributed by atoms with Gasteiger partial charge in [-0.3, -0.25) is 9.89 Å². The second kappa shape index (κ2) is 13.2. The summed E-state index contributed by atoms with van der Waals surface area (Å²) in [6.07, 6.45) is 3.37. The molecule has 4 rings (SSSR count). The number of nitrogens with zero attached hydrogens (tertiary/aromatic N) is 2. The predicted octanol–water partition coefficient (Wildman–Crippen LogP) is 6.91. The molecule has 0 aliphatic carbocycles. The number of ether oxygens (including phenoxy) is 1. The molecule has 1 atom stereocenters. The molecule has 3 aromatic carbocycles. The summed E-state index contributed by atoms with van der Waals surface area (Å²) in [4.78, 5) is 6.83. The van der Waals surface area contributed by atoms with Crippen LogP contribution in [0.25, 0.3) is 11.1 Å². The van der Waals surface area contributed by atoms with Crippen molar-refractivity contribution in [3.05, 3.63) is 82.9 Å². The fraction of sp³-hybridized carbons (Fsp3) is 0.387. The van der Waals surface area contributed by atoms with Crippen LogP contribution < -0.4 is 4.74 Å². The van der Waals surface area contributed by atoms with Gasteiger partial charge >= 0.3 is 0 Å². The lowest BCUT2D eigenvalue weighted by molar-refractivity contribution is 0.0637.